The molecule has 1 saturated heterocycles. The van der Waals surface area contributed by atoms with E-state index in [9.17, 15) is 10.1 Å². The number of nitroso groups, excluding NO2 is 1. The lowest BCUT2D eigenvalue weighted by molar-refractivity contribution is 0.0747. The molecule has 1 heterocycles. The number of hydrogen-bond acceptors (Lipinski definition) is 4. The highest BCUT2D eigenvalue weighted by atomic mass is 16.4. The zero-order chi connectivity index (χ0) is 17.8. The van der Waals surface area contributed by atoms with Gasteiger partial charge in [0.15, 0.2) is 0 Å². The van der Waals surface area contributed by atoms with Crippen molar-refractivity contribution in [2.45, 2.75) is 32.4 Å². The lowest BCUT2D eigenvalue weighted by atomic mass is 9.74. The van der Waals surface area contributed by atoms with E-state index in [0.29, 0.717) is 6.42 Å². The smallest absolute Gasteiger partial charge is 0.0843 e. The summed E-state index contributed by atoms with van der Waals surface area (Å²) in [4.78, 5) is 11.9. The molecule has 1 fully saturated rings. The Morgan fingerprint density at radius 3 is 2.04 bits per heavy atom. The third-order valence-corrected chi connectivity index (χ3v) is 5.00. The van der Waals surface area contributed by atoms with Crippen molar-refractivity contribution in [3.05, 3.63) is 76.7 Å². The zero-order valence-corrected chi connectivity index (χ0v) is 14.5. The van der Waals surface area contributed by atoms with E-state index in [2.05, 4.69) is 24.3 Å². The molecule has 0 aromatic heterocycles. The normalized spacial score (nSPS) is 25.3. The van der Waals surface area contributed by atoms with E-state index < -0.39 is 0 Å². The molecule has 0 radical (unpaired) electrons. The summed E-state index contributed by atoms with van der Waals surface area (Å²) in [5, 5.41) is 18.3. The van der Waals surface area contributed by atoms with Crippen LogP contribution < -0.4 is 0 Å². The molecule has 25 heavy (non-hydrogen) atoms. The van der Waals surface area contributed by atoms with Gasteiger partial charge in [0.05, 0.1) is 23.1 Å². The van der Waals surface area contributed by atoms with Gasteiger partial charge in [-0.2, -0.15) is 0 Å². The molecule has 5 heteroatoms. The van der Waals surface area contributed by atoms with E-state index >= 15 is 0 Å². The number of oxime groups is 1. The van der Waals surface area contributed by atoms with Crippen LogP contribution in [0.2, 0.25) is 0 Å². The predicted molar refractivity (Wildman–Crippen MR) is 98.2 cm³/mol. The predicted octanol–water partition coefficient (Wildman–Crippen LogP) is 4.96. The molecule has 3 rings (SSSR count). The summed E-state index contributed by atoms with van der Waals surface area (Å²) in [5.74, 6) is 0.127. The summed E-state index contributed by atoms with van der Waals surface area (Å²) in [5.41, 5.74) is 2.71. The number of rotatable bonds is 4. The second-order valence-corrected chi connectivity index (χ2v) is 6.81. The van der Waals surface area contributed by atoms with Crippen LogP contribution in [0, 0.1) is 16.7 Å². The fourth-order valence-corrected chi connectivity index (χ4v) is 3.89. The lowest BCUT2D eigenvalue weighted by Gasteiger charge is -2.45. The molecule has 1 aliphatic heterocycles. The first-order valence-corrected chi connectivity index (χ1v) is 8.59. The maximum atomic E-state index is 11.9. The Bertz CT molecular complexity index is 731. The third kappa shape index (κ3) is 3.27. The van der Waals surface area contributed by atoms with E-state index in [1.54, 1.807) is 5.01 Å². The van der Waals surface area contributed by atoms with Crippen LogP contribution >= 0.6 is 0 Å². The molecule has 0 saturated carbocycles. The summed E-state index contributed by atoms with van der Waals surface area (Å²) in [6.45, 7) is 4.16. The van der Waals surface area contributed by atoms with Gasteiger partial charge >= 0.3 is 0 Å². The van der Waals surface area contributed by atoms with E-state index in [0.717, 1.165) is 16.8 Å². The zero-order valence-electron chi connectivity index (χ0n) is 14.5. The molecule has 0 amide bonds. The highest BCUT2D eigenvalue weighted by molar-refractivity contribution is 5.89. The summed E-state index contributed by atoms with van der Waals surface area (Å²) >= 11 is 0. The maximum absolute atomic E-state index is 11.9. The monoisotopic (exact) mass is 337 g/mol. The molecular weight excluding hydrogens is 314 g/mol. The number of hydrogen-bond donors (Lipinski definition) is 1. The summed E-state index contributed by atoms with van der Waals surface area (Å²) in [7, 11) is 0. The maximum Gasteiger partial charge on any atom is 0.0843 e. The molecule has 0 bridgehead atoms. The Kier molecular flexibility index (Phi) is 5.12. The topological polar surface area (TPSA) is 65.3 Å². The molecule has 1 aliphatic rings. The minimum Gasteiger partial charge on any atom is -0.411 e. The van der Waals surface area contributed by atoms with Crippen LogP contribution in [0.15, 0.2) is 71.1 Å². The van der Waals surface area contributed by atoms with Crippen molar-refractivity contribution in [2.24, 2.45) is 22.3 Å². The first kappa shape index (κ1) is 17.1. The summed E-state index contributed by atoms with van der Waals surface area (Å²) in [6.07, 6.45) is 0.485. The number of benzene rings is 2. The average molecular weight is 337 g/mol. The van der Waals surface area contributed by atoms with Crippen LogP contribution in [-0.2, 0) is 0 Å². The number of nitrogens with zero attached hydrogens (tertiary/aromatic N) is 3. The van der Waals surface area contributed by atoms with Crippen molar-refractivity contribution >= 4 is 5.71 Å². The van der Waals surface area contributed by atoms with Gasteiger partial charge < -0.3 is 5.21 Å². The minimum atomic E-state index is -0.261. The van der Waals surface area contributed by atoms with E-state index in [1.165, 1.54) is 0 Å². The SMILES string of the molecule is CC(C)[C@H]1/C(=N\O)C[C@@H](c2ccccc2)N(N=O)[C@H]1c1ccccc1. The van der Waals surface area contributed by atoms with E-state index in [1.807, 2.05) is 60.7 Å². The van der Waals surface area contributed by atoms with Crippen LogP contribution in [0.4, 0.5) is 0 Å². The van der Waals surface area contributed by atoms with Crippen molar-refractivity contribution in [3.8, 4) is 0 Å². The van der Waals surface area contributed by atoms with Gasteiger partial charge in [-0.25, -0.2) is 5.01 Å². The van der Waals surface area contributed by atoms with Gasteiger partial charge in [-0.15, -0.1) is 4.91 Å². The molecule has 0 spiro atoms. The van der Waals surface area contributed by atoms with Crippen molar-refractivity contribution in [1.82, 2.24) is 5.01 Å². The highest BCUT2D eigenvalue weighted by Gasteiger charge is 2.44. The molecule has 130 valence electrons. The Morgan fingerprint density at radius 2 is 1.56 bits per heavy atom. The molecule has 2 aromatic carbocycles. The molecule has 0 unspecified atom stereocenters. The fraction of sp³-hybridized carbons (Fsp3) is 0.350. The second kappa shape index (κ2) is 7.47. The second-order valence-electron chi connectivity index (χ2n) is 6.81. The Labute approximate surface area is 147 Å². The minimum absolute atomic E-state index is 0.0786. The fourth-order valence-electron chi connectivity index (χ4n) is 3.89. The molecule has 0 aliphatic carbocycles. The standard InChI is InChI=1S/C20H23N3O2/c1-14(2)19-17(21-24)13-18(15-9-5-3-6-10-15)23(22-25)20(19)16-11-7-4-8-12-16/h3-12,14,18-20,24H,13H2,1-2H3/b21-17-/t18-,19-,20-/m0/s1. The summed E-state index contributed by atoms with van der Waals surface area (Å²) in [6, 6.07) is 19.2. The van der Waals surface area contributed by atoms with Gasteiger partial charge in [-0.05, 0) is 17.0 Å². The molecule has 3 atom stereocenters. The third-order valence-electron chi connectivity index (χ3n) is 5.00. The number of piperidine rings is 1. The molecule has 1 N–H and O–H groups in total. The Morgan fingerprint density at radius 1 is 1.00 bits per heavy atom. The summed E-state index contributed by atoms with van der Waals surface area (Å²) < 4.78 is 0. The van der Waals surface area contributed by atoms with Crippen LogP contribution in [0.1, 0.15) is 43.5 Å². The van der Waals surface area contributed by atoms with E-state index in [-0.39, 0.29) is 23.9 Å². The van der Waals surface area contributed by atoms with Crippen LogP contribution in [0.3, 0.4) is 0 Å². The van der Waals surface area contributed by atoms with Crippen molar-refractivity contribution < 1.29 is 5.21 Å². The van der Waals surface area contributed by atoms with Crippen molar-refractivity contribution in [2.75, 3.05) is 0 Å². The quantitative estimate of drug-likeness (QED) is 0.487. The van der Waals surface area contributed by atoms with Gasteiger partial charge in [0, 0.05) is 12.3 Å². The molecule has 5 nitrogen and oxygen atoms in total. The van der Waals surface area contributed by atoms with Gasteiger partial charge in [-0.1, -0.05) is 79.7 Å². The van der Waals surface area contributed by atoms with Gasteiger partial charge in [0.1, 0.15) is 0 Å². The van der Waals surface area contributed by atoms with Crippen molar-refractivity contribution in [1.29, 1.82) is 0 Å². The van der Waals surface area contributed by atoms with Gasteiger partial charge in [-0.3, -0.25) is 0 Å². The lowest BCUT2D eigenvalue weighted by Crippen LogP contribution is -2.45. The van der Waals surface area contributed by atoms with Gasteiger partial charge in [0.25, 0.3) is 0 Å². The largest absolute Gasteiger partial charge is 0.411 e. The van der Waals surface area contributed by atoms with Crippen LogP contribution in [0.25, 0.3) is 0 Å². The highest BCUT2D eigenvalue weighted by Crippen LogP contribution is 2.46. The first-order valence-electron chi connectivity index (χ1n) is 8.59. The Balaban J connectivity index is 2.12. The van der Waals surface area contributed by atoms with E-state index in [4.69, 9.17) is 0 Å². The average Bonchev–Trinajstić information content (AvgIpc) is 2.67. The first-order chi connectivity index (χ1) is 12.2. The molecular formula is C20H23N3O2. The van der Waals surface area contributed by atoms with Gasteiger partial charge in [0.2, 0.25) is 0 Å². The Hall–Kier alpha value is -2.69. The van der Waals surface area contributed by atoms with Crippen molar-refractivity contribution in [3.63, 3.8) is 0 Å². The van der Waals surface area contributed by atoms with Crippen LogP contribution in [0.5, 0.6) is 0 Å². The van der Waals surface area contributed by atoms with Crippen LogP contribution in [-0.4, -0.2) is 15.9 Å². The molecule has 2 aromatic rings.